The third-order valence-corrected chi connectivity index (χ3v) is 4.20. The molecule has 2 aromatic heterocycles. The molecule has 4 nitrogen and oxygen atoms in total. The van der Waals surface area contributed by atoms with Gasteiger partial charge in [0.1, 0.15) is 11.8 Å². The number of aromatic nitrogens is 2. The van der Waals surface area contributed by atoms with Gasteiger partial charge in [-0.2, -0.15) is 0 Å². The van der Waals surface area contributed by atoms with Crippen LogP contribution in [-0.4, -0.2) is 22.5 Å². The summed E-state index contributed by atoms with van der Waals surface area (Å²) in [5, 5.41) is 3.28. The topological polar surface area (TPSA) is 46.4 Å². The maximum atomic E-state index is 14.4. The van der Waals surface area contributed by atoms with Crippen molar-refractivity contribution in [3.8, 4) is 0 Å². The molecule has 5 heteroatoms. The number of rotatable bonds is 3. The number of pyridine rings is 1. The van der Waals surface area contributed by atoms with Gasteiger partial charge < -0.3 is 5.32 Å². The Morgan fingerprint density at radius 1 is 1.43 bits per heavy atom. The molecule has 21 heavy (non-hydrogen) atoms. The van der Waals surface area contributed by atoms with Gasteiger partial charge in [0.25, 0.3) is 5.56 Å². The summed E-state index contributed by atoms with van der Waals surface area (Å²) in [7, 11) is 0. The van der Waals surface area contributed by atoms with Gasteiger partial charge >= 0.3 is 0 Å². The van der Waals surface area contributed by atoms with Crippen molar-refractivity contribution in [2.75, 3.05) is 13.1 Å². The fourth-order valence-electron chi connectivity index (χ4n) is 3.05. The highest BCUT2D eigenvalue weighted by Crippen LogP contribution is 2.30. The van der Waals surface area contributed by atoms with E-state index in [0.717, 1.165) is 25.9 Å². The van der Waals surface area contributed by atoms with E-state index < -0.39 is 6.17 Å². The van der Waals surface area contributed by atoms with E-state index in [0.29, 0.717) is 23.3 Å². The first-order chi connectivity index (χ1) is 10.2. The van der Waals surface area contributed by atoms with Crippen LogP contribution in [0.3, 0.4) is 0 Å². The highest BCUT2D eigenvalue weighted by Gasteiger charge is 2.27. The first-order valence-electron chi connectivity index (χ1n) is 7.58. The van der Waals surface area contributed by atoms with Crippen LogP contribution in [-0.2, 0) is 0 Å². The summed E-state index contributed by atoms with van der Waals surface area (Å²) >= 11 is 0. The molecular formula is C16H20FN3O. The number of halogens is 1. The largest absolute Gasteiger partial charge is 0.317 e. The fourth-order valence-corrected chi connectivity index (χ4v) is 3.05. The molecular weight excluding hydrogens is 269 g/mol. The van der Waals surface area contributed by atoms with Gasteiger partial charge in [-0.25, -0.2) is 9.37 Å². The number of nitrogens with zero attached hydrogens (tertiary/aromatic N) is 2. The number of hydrogen-bond acceptors (Lipinski definition) is 3. The van der Waals surface area contributed by atoms with Crippen LogP contribution in [0.5, 0.6) is 0 Å². The van der Waals surface area contributed by atoms with Crippen molar-refractivity contribution >= 4 is 5.65 Å². The molecule has 1 fully saturated rings. The maximum absolute atomic E-state index is 14.4. The van der Waals surface area contributed by atoms with Crippen LogP contribution in [0.15, 0.2) is 29.2 Å². The van der Waals surface area contributed by atoms with E-state index in [9.17, 15) is 9.18 Å². The van der Waals surface area contributed by atoms with Gasteiger partial charge in [0.2, 0.25) is 0 Å². The minimum absolute atomic E-state index is 0.100. The molecule has 0 aromatic carbocycles. The van der Waals surface area contributed by atoms with E-state index in [4.69, 9.17) is 0 Å². The Hall–Kier alpha value is -1.75. The number of alkyl halides is 1. The Morgan fingerprint density at radius 2 is 2.19 bits per heavy atom. The van der Waals surface area contributed by atoms with Crippen molar-refractivity contribution < 1.29 is 4.39 Å². The zero-order valence-corrected chi connectivity index (χ0v) is 12.2. The predicted molar refractivity (Wildman–Crippen MR) is 80.4 cm³/mol. The molecule has 1 N–H and O–H groups in total. The third-order valence-electron chi connectivity index (χ3n) is 4.20. The van der Waals surface area contributed by atoms with E-state index >= 15 is 0 Å². The summed E-state index contributed by atoms with van der Waals surface area (Å²) in [5.74, 6) is 0.100. The van der Waals surface area contributed by atoms with Gasteiger partial charge in [0.05, 0.1) is 5.69 Å². The number of hydrogen-bond donors (Lipinski definition) is 1. The fraction of sp³-hybridized carbons (Fsp3) is 0.500. The Bertz CT molecular complexity index is 691. The lowest BCUT2D eigenvalue weighted by Crippen LogP contribution is -2.32. The number of nitrogens with one attached hydrogen (secondary N) is 1. The smallest absolute Gasteiger partial charge is 0.261 e. The second-order valence-electron chi connectivity index (χ2n) is 5.54. The summed E-state index contributed by atoms with van der Waals surface area (Å²) in [6, 6.07) is 5.36. The average molecular weight is 289 g/mol. The molecule has 1 aliphatic heterocycles. The predicted octanol–water partition coefficient (Wildman–Crippen LogP) is 2.58. The molecule has 2 aromatic rings. The van der Waals surface area contributed by atoms with Gasteiger partial charge in [-0.1, -0.05) is 13.0 Å². The molecule has 0 spiro atoms. The van der Waals surface area contributed by atoms with Crippen LogP contribution in [0.1, 0.15) is 49.5 Å². The molecule has 0 radical (unpaired) electrons. The normalized spacial score (nSPS) is 18.0. The van der Waals surface area contributed by atoms with Crippen molar-refractivity contribution in [3.05, 3.63) is 46.0 Å². The second-order valence-corrected chi connectivity index (χ2v) is 5.54. The Balaban J connectivity index is 2.22. The molecule has 0 aliphatic carbocycles. The van der Waals surface area contributed by atoms with E-state index in [1.807, 2.05) is 6.07 Å². The molecule has 3 rings (SSSR count). The molecule has 0 bridgehead atoms. The van der Waals surface area contributed by atoms with E-state index in [1.54, 1.807) is 25.3 Å². The number of piperidine rings is 1. The van der Waals surface area contributed by atoms with Crippen LogP contribution < -0.4 is 10.9 Å². The van der Waals surface area contributed by atoms with Crippen molar-refractivity contribution in [1.29, 1.82) is 0 Å². The zero-order chi connectivity index (χ0) is 14.8. The third kappa shape index (κ3) is 2.58. The highest BCUT2D eigenvalue weighted by atomic mass is 19.1. The monoisotopic (exact) mass is 289 g/mol. The van der Waals surface area contributed by atoms with Crippen LogP contribution in [0.4, 0.5) is 4.39 Å². The van der Waals surface area contributed by atoms with Crippen molar-refractivity contribution in [2.45, 2.75) is 38.3 Å². The van der Waals surface area contributed by atoms with Crippen LogP contribution in [0.25, 0.3) is 5.65 Å². The van der Waals surface area contributed by atoms with Crippen molar-refractivity contribution in [2.24, 2.45) is 0 Å². The quantitative estimate of drug-likeness (QED) is 0.944. The molecule has 112 valence electrons. The standard InChI is InChI=1S/C16H20FN3O/c1-2-12(17)15-14(11-6-8-18-9-7-11)16(21)20-10-4-3-5-13(20)19-15/h3-5,10-12,18H,2,6-9H2,1H3. The number of fused-ring (bicyclic) bond motifs is 1. The van der Waals surface area contributed by atoms with Gasteiger partial charge in [-0.3, -0.25) is 9.20 Å². The SMILES string of the molecule is CCC(F)c1nc2ccccn2c(=O)c1C1CCNCC1. The molecule has 1 saturated heterocycles. The Labute approximate surface area is 123 Å². The summed E-state index contributed by atoms with van der Waals surface area (Å²) in [5.41, 5.74) is 1.33. The van der Waals surface area contributed by atoms with Crippen LogP contribution >= 0.6 is 0 Å². The van der Waals surface area contributed by atoms with Crippen molar-refractivity contribution in [3.63, 3.8) is 0 Å². The minimum Gasteiger partial charge on any atom is -0.317 e. The van der Waals surface area contributed by atoms with Gasteiger partial charge in [-0.05, 0) is 50.4 Å². The maximum Gasteiger partial charge on any atom is 0.261 e. The lowest BCUT2D eigenvalue weighted by molar-refractivity contribution is 0.319. The minimum atomic E-state index is -1.17. The van der Waals surface area contributed by atoms with Gasteiger partial charge in [-0.15, -0.1) is 0 Å². The molecule has 0 amide bonds. The Morgan fingerprint density at radius 3 is 2.90 bits per heavy atom. The van der Waals surface area contributed by atoms with E-state index in [1.165, 1.54) is 4.40 Å². The lowest BCUT2D eigenvalue weighted by Gasteiger charge is -2.25. The first kappa shape index (κ1) is 14.2. The zero-order valence-electron chi connectivity index (χ0n) is 12.2. The summed E-state index contributed by atoms with van der Waals surface area (Å²) in [4.78, 5) is 17.3. The van der Waals surface area contributed by atoms with E-state index in [-0.39, 0.29) is 11.5 Å². The molecule has 1 atom stereocenters. The first-order valence-corrected chi connectivity index (χ1v) is 7.58. The molecule has 3 heterocycles. The summed E-state index contributed by atoms with van der Waals surface area (Å²) in [6.45, 7) is 3.51. The molecule has 1 unspecified atom stereocenters. The van der Waals surface area contributed by atoms with E-state index in [2.05, 4.69) is 10.3 Å². The van der Waals surface area contributed by atoms with Crippen LogP contribution in [0.2, 0.25) is 0 Å². The van der Waals surface area contributed by atoms with Gasteiger partial charge in [0, 0.05) is 11.8 Å². The Kier molecular flexibility index (Phi) is 4.01. The van der Waals surface area contributed by atoms with Crippen LogP contribution in [0, 0.1) is 0 Å². The highest BCUT2D eigenvalue weighted by molar-refractivity contribution is 5.42. The lowest BCUT2D eigenvalue weighted by atomic mass is 9.88. The summed E-state index contributed by atoms with van der Waals surface area (Å²) < 4.78 is 15.9. The average Bonchev–Trinajstić information content (AvgIpc) is 2.55. The summed E-state index contributed by atoms with van der Waals surface area (Å²) in [6.07, 6.45) is 2.59. The van der Waals surface area contributed by atoms with Gasteiger partial charge in [0.15, 0.2) is 0 Å². The molecule has 0 saturated carbocycles. The second kappa shape index (κ2) is 5.93. The van der Waals surface area contributed by atoms with Crippen molar-refractivity contribution in [1.82, 2.24) is 14.7 Å². The molecule has 1 aliphatic rings.